The van der Waals surface area contributed by atoms with Gasteiger partial charge in [0.25, 0.3) is 0 Å². The average molecular weight is 249 g/mol. The lowest BCUT2D eigenvalue weighted by Gasteiger charge is -2.17. The minimum absolute atomic E-state index is 0.144. The molecular formula is C14H19NO3. The Labute approximate surface area is 108 Å². The number of nitrogens with two attached hydrogens (primary N) is 1. The Kier molecular flexibility index (Phi) is 5.34. The van der Waals surface area contributed by atoms with E-state index in [1.807, 2.05) is 12.1 Å². The molecule has 0 fully saturated rings. The summed E-state index contributed by atoms with van der Waals surface area (Å²) < 4.78 is 15.8. The van der Waals surface area contributed by atoms with Crippen LogP contribution in [0.25, 0.3) is 0 Å². The number of terminal acetylenes is 1. The second-order valence-corrected chi connectivity index (χ2v) is 3.81. The van der Waals surface area contributed by atoms with Crippen molar-refractivity contribution >= 4 is 0 Å². The summed E-state index contributed by atoms with van der Waals surface area (Å²) >= 11 is 0. The Hall–Kier alpha value is -1.86. The lowest BCUT2D eigenvalue weighted by Crippen LogP contribution is -2.10. The minimum atomic E-state index is -0.144. The molecule has 0 saturated heterocycles. The number of hydrogen-bond acceptors (Lipinski definition) is 4. The predicted molar refractivity (Wildman–Crippen MR) is 71.1 cm³/mol. The van der Waals surface area contributed by atoms with Crippen molar-refractivity contribution in [1.82, 2.24) is 0 Å². The van der Waals surface area contributed by atoms with Crippen LogP contribution in [-0.4, -0.2) is 21.3 Å². The zero-order valence-corrected chi connectivity index (χ0v) is 11.0. The van der Waals surface area contributed by atoms with Gasteiger partial charge in [0.2, 0.25) is 5.75 Å². The molecule has 0 saturated carbocycles. The van der Waals surface area contributed by atoms with Gasteiger partial charge in [-0.05, 0) is 24.1 Å². The first kappa shape index (κ1) is 14.2. The van der Waals surface area contributed by atoms with Gasteiger partial charge in [-0.25, -0.2) is 0 Å². The van der Waals surface area contributed by atoms with Crippen molar-refractivity contribution in [3.05, 3.63) is 17.7 Å². The molecule has 0 bridgehead atoms. The van der Waals surface area contributed by atoms with Crippen LogP contribution in [-0.2, 0) is 0 Å². The number of ether oxygens (including phenoxy) is 3. The molecule has 0 aliphatic carbocycles. The molecule has 1 aromatic rings. The molecule has 0 amide bonds. The zero-order chi connectivity index (χ0) is 13.5. The second-order valence-electron chi connectivity index (χ2n) is 3.81. The Bertz CT molecular complexity index is 412. The van der Waals surface area contributed by atoms with Crippen LogP contribution in [0.1, 0.15) is 24.4 Å². The topological polar surface area (TPSA) is 53.7 Å². The highest BCUT2D eigenvalue weighted by Crippen LogP contribution is 2.39. The highest BCUT2D eigenvalue weighted by Gasteiger charge is 2.16. The highest BCUT2D eigenvalue weighted by molar-refractivity contribution is 5.54. The van der Waals surface area contributed by atoms with Crippen molar-refractivity contribution in [2.45, 2.75) is 18.9 Å². The average Bonchev–Trinajstić information content (AvgIpc) is 2.42. The molecule has 1 aromatic carbocycles. The molecule has 4 heteroatoms. The van der Waals surface area contributed by atoms with Crippen LogP contribution in [0.2, 0.25) is 0 Å². The number of hydrogen-bond donors (Lipinski definition) is 1. The van der Waals surface area contributed by atoms with Crippen LogP contribution in [0.5, 0.6) is 17.2 Å². The van der Waals surface area contributed by atoms with Crippen molar-refractivity contribution in [2.75, 3.05) is 21.3 Å². The Morgan fingerprint density at radius 1 is 1.17 bits per heavy atom. The molecule has 1 rings (SSSR count). The maximum Gasteiger partial charge on any atom is 0.203 e. The number of benzene rings is 1. The first-order valence-electron chi connectivity index (χ1n) is 5.66. The molecule has 4 nitrogen and oxygen atoms in total. The van der Waals surface area contributed by atoms with Gasteiger partial charge in [0, 0.05) is 12.5 Å². The van der Waals surface area contributed by atoms with E-state index >= 15 is 0 Å². The number of rotatable bonds is 6. The minimum Gasteiger partial charge on any atom is -0.493 e. The smallest absolute Gasteiger partial charge is 0.203 e. The molecule has 98 valence electrons. The zero-order valence-electron chi connectivity index (χ0n) is 11.0. The van der Waals surface area contributed by atoms with E-state index in [2.05, 4.69) is 5.92 Å². The molecule has 1 atom stereocenters. The maximum atomic E-state index is 6.07. The van der Waals surface area contributed by atoms with Gasteiger partial charge in [0.05, 0.1) is 21.3 Å². The summed E-state index contributed by atoms with van der Waals surface area (Å²) in [6.45, 7) is 0. The fourth-order valence-corrected chi connectivity index (χ4v) is 1.72. The van der Waals surface area contributed by atoms with Crippen molar-refractivity contribution in [2.24, 2.45) is 5.73 Å². The fourth-order valence-electron chi connectivity index (χ4n) is 1.72. The van der Waals surface area contributed by atoms with Gasteiger partial charge in [-0.3, -0.25) is 0 Å². The van der Waals surface area contributed by atoms with Crippen LogP contribution in [0, 0.1) is 12.3 Å². The van der Waals surface area contributed by atoms with E-state index in [4.69, 9.17) is 26.4 Å². The van der Waals surface area contributed by atoms with E-state index in [1.165, 1.54) is 0 Å². The standard InChI is InChI=1S/C14H19NO3/c1-5-6-7-11(15)10-8-12(16-2)14(18-4)13(9-10)17-3/h1,8-9,11H,6-7,15H2,2-4H3. The molecule has 2 N–H and O–H groups in total. The van der Waals surface area contributed by atoms with Gasteiger partial charge in [-0.15, -0.1) is 12.3 Å². The molecular weight excluding hydrogens is 230 g/mol. The van der Waals surface area contributed by atoms with Gasteiger partial charge in [-0.1, -0.05) is 0 Å². The molecule has 0 aliphatic heterocycles. The molecule has 0 aromatic heterocycles. The van der Waals surface area contributed by atoms with E-state index < -0.39 is 0 Å². The molecule has 18 heavy (non-hydrogen) atoms. The van der Waals surface area contributed by atoms with Crippen LogP contribution < -0.4 is 19.9 Å². The van der Waals surface area contributed by atoms with Gasteiger partial charge in [-0.2, -0.15) is 0 Å². The van der Waals surface area contributed by atoms with Gasteiger partial charge in [0.1, 0.15) is 0 Å². The summed E-state index contributed by atoms with van der Waals surface area (Å²) in [5, 5.41) is 0. The van der Waals surface area contributed by atoms with Crippen LogP contribution >= 0.6 is 0 Å². The van der Waals surface area contributed by atoms with E-state index in [0.717, 1.165) is 12.0 Å². The van der Waals surface area contributed by atoms with Crippen molar-refractivity contribution in [3.63, 3.8) is 0 Å². The Morgan fingerprint density at radius 3 is 2.11 bits per heavy atom. The first-order valence-corrected chi connectivity index (χ1v) is 5.66. The SMILES string of the molecule is C#CCCC(N)c1cc(OC)c(OC)c(OC)c1. The second kappa shape index (κ2) is 6.77. The quantitative estimate of drug-likeness (QED) is 0.785. The summed E-state index contributed by atoms with van der Waals surface area (Å²) in [4.78, 5) is 0. The fraction of sp³-hybridized carbons (Fsp3) is 0.429. The van der Waals surface area contributed by atoms with E-state index in [9.17, 15) is 0 Å². The molecule has 0 aliphatic rings. The first-order chi connectivity index (χ1) is 8.67. The van der Waals surface area contributed by atoms with E-state index in [0.29, 0.717) is 23.7 Å². The summed E-state index contributed by atoms with van der Waals surface area (Å²) in [5.74, 6) is 4.34. The summed E-state index contributed by atoms with van der Waals surface area (Å²) in [7, 11) is 4.72. The third kappa shape index (κ3) is 3.08. The lowest BCUT2D eigenvalue weighted by atomic mass is 10.0. The molecule has 0 heterocycles. The van der Waals surface area contributed by atoms with Crippen LogP contribution in [0.4, 0.5) is 0 Å². The van der Waals surface area contributed by atoms with Crippen LogP contribution in [0.3, 0.4) is 0 Å². The lowest BCUT2D eigenvalue weighted by molar-refractivity contribution is 0.323. The molecule has 0 radical (unpaired) electrons. The molecule has 1 unspecified atom stereocenters. The summed E-state index contributed by atoms with van der Waals surface area (Å²) in [5.41, 5.74) is 6.99. The van der Waals surface area contributed by atoms with E-state index in [1.54, 1.807) is 21.3 Å². The third-order valence-electron chi connectivity index (χ3n) is 2.71. The highest BCUT2D eigenvalue weighted by atomic mass is 16.5. The van der Waals surface area contributed by atoms with E-state index in [-0.39, 0.29) is 6.04 Å². The molecule has 0 spiro atoms. The summed E-state index contributed by atoms with van der Waals surface area (Å²) in [6.07, 6.45) is 6.59. The van der Waals surface area contributed by atoms with Crippen molar-refractivity contribution < 1.29 is 14.2 Å². The van der Waals surface area contributed by atoms with Gasteiger partial charge in [0.15, 0.2) is 11.5 Å². The monoisotopic (exact) mass is 249 g/mol. The third-order valence-corrected chi connectivity index (χ3v) is 2.71. The normalized spacial score (nSPS) is 11.5. The Balaban J connectivity index is 3.11. The Morgan fingerprint density at radius 2 is 1.72 bits per heavy atom. The van der Waals surface area contributed by atoms with Crippen molar-refractivity contribution in [1.29, 1.82) is 0 Å². The predicted octanol–water partition coefficient (Wildman–Crippen LogP) is 2.13. The van der Waals surface area contributed by atoms with Gasteiger partial charge >= 0.3 is 0 Å². The van der Waals surface area contributed by atoms with Gasteiger partial charge < -0.3 is 19.9 Å². The largest absolute Gasteiger partial charge is 0.493 e. The van der Waals surface area contributed by atoms with Crippen LogP contribution in [0.15, 0.2) is 12.1 Å². The maximum absolute atomic E-state index is 6.07. The van der Waals surface area contributed by atoms with Crippen molar-refractivity contribution in [3.8, 4) is 29.6 Å². The number of methoxy groups -OCH3 is 3. The summed E-state index contributed by atoms with van der Waals surface area (Å²) in [6, 6.07) is 3.56.